The minimum atomic E-state index is -0.0477. The fourth-order valence-corrected chi connectivity index (χ4v) is 1.56. The van der Waals surface area contributed by atoms with Crippen LogP contribution in [0.4, 0.5) is 5.95 Å². The first-order valence-corrected chi connectivity index (χ1v) is 6.52. The second-order valence-corrected chi connectivity index (χ2v) is 4.52. The maximum Gasteiger partial charge on any atom is 0.330 e. The Morgan fingerprint density at radius 3 is 2.30 bits per heavy atom. The van der Waals surface area contributed by atoms with Crippen LogP contribution in [-0.2, 0) is 6.42 Å². The molecular formula is C14H18N4O2. The molecule has 1 heterocycles. The summed E-state index contributed by atoms with van der Waals surface area (Å²) in [6.07, 6.45) is 0.930. The lowest BCUT2D eigenvalue weighted by atomic mass is 10.2. The van der Waals surface area contributed by atoms with Gasteiger partial charge in [0.05, 0.1) is 6.10 Å². The number of anilines is 1. The van der Waals surface area contributed by atoms with Crippen LogP contribution in [0.2, 0.25) is 0 Å². The number of aromatic nitrogens is 3. The fourth-order valence-electron chi connectivity index (χ4n) is 1.56. The van der Waals surface area contributed by atoms with Gasteiger partial charge in [0.15, 0.2) is 0 Å². The first-order chi connectivity index (χ1) is 9.56. The number of ether oxygens (including phenoxy) is 2. The summed E-state index contributed by atoms with van der Waals surface area (Å²) in [4.78, 5) is 11.9. The topological polar surface area (TPSA) is 83.2 Å². The number of nitrogens with two attached hydrogens (primary N) is 1. The van der Waals surface area contributed by atoms with Crippen molar-refractivity contribution >= 4 is 5.95 Å². The van der Waals surface area contributed by atoms with Gasteiger partial charge in [-0.1, -0.05) is 19.1 Å². The van der Waals surface area contributed by atoms with Crippen molar-refractivity contribution in [3.8, 4) is 17.8 Å². The van der Waals surface area contributed by atoms with Gasteiger partial charge in [0, 0.05) is 0 Å². The van der Waals surface area contributed by atoms with E-state index in [4.69, 9.17) is 15.2 Å². The average Bonchev–Trinajstić information content (AvgIpc) is 2.38. The van der Waals surface area contributed by atoms with Gasteiger partial charge in [0.25, 0.3) is 0 Å². The van der Waals surface area contributed by atoms with Crippen LogP contribution in [-0.4, -0.2) is 21.1 Å². The van der Waals surface area contributed by atoms with E-state index >= 15 is 0 Å². The third kappa shape index (κ3) is 3.81. The Kier molecular flexibility index (Phi) is 4.34. The zero-order valence-corrected chi connectivity index (χ0v) is 11.8. The Bertz CT molecular complexity index is 570. The molecule has 0 fully saturated rings. The predicted molar refractivity (Wildman–Crippen MR) is 75.9 cm³/mol. The van der Waals surface area contributed by atoms with Gasteiger partial charge in [-0.15, -0.1) is 4.98 Å². The van der Waals surface area contributed by atoms with Crippen molar-refractivity contribution < 1.29 is 9.47 Å². The summed E-state index contributed by atoms with van der Waals surface area (Å²) in [7, 11) is 0. The lowest BCUT2D eigenvalue weighted by Crippen LogP contribution is -2.11. The summed E-state index contributed by atoms with van der Waals surface area (Å²) in [5.41, 5.74) is 6.84. The standard InChI is InChI=1S/C14H18N4O2/c1-4-10-5-7-11(8-6-10)20-14-17-12(15)16-13(18-14)19-9(2)3/h5-9H,4H2,1-3H3,(H2,15,16,17,18). The third-order valence-electron chi connectivity index (χ3n) is 2.49. The highest BCUT2D eigenvalue weighted by atomic mass is 16.5. The SMILES string of the molecule is CCc1ccc(Oc2nc(N)nc(OC(C)C)n2)cc1. The third-order valence-corrected chi connectivity index (χ3v) is 2.49. The predicted octanol–water partition coefficient (Wildman–Crippen LogP) is 2.60. The molecule has 2 aromatic rings. The zero-order valence-electron chi connectivity index (χ0n) is 11.8. The molecular weight excluding hydrogens is 256 g/mol. The normalized spacial score (nSPS) is 10.6. The molecule has 0 atom stereocenters. The first kappa shape index (κ1) is 14.0. The lowest BCUT2D eigenvalue weighted by Gasteiger charge is -2.09. The van der Waals surface area contributed by atoms with E-state index in [1.54, 1.807) is 0 Å². The van der Waals surface area contributed by atoms with Crippen LogP contribution in [0.25, 0.3) is 0 Å². The van der Waals surface area contributed by atoms with Crippen LogP contribution in [0.5, 0.6) is 17.8 Å². The van der Waals surface area contributed by atoms with E-state index in [2.05, 4.69) is 21.9 Å². The molecule has 0 amide bonds. The summed E-state index contributed by atoms with van der Waals surface area (Å²) in [5.74, 6) is 0.708. The van der Waals surface area contributed by atoms with E-state index < -0.39 is 0 Å². The Balaban J connectivity index is 2.17. The molecule has 106 valence electrons. The second kappa shape index (κ2) is 6.18. The molecule has 0 unspecified atom stereocenters. The van der Waals surface area contributed by atoms with Gasteiger partial charge in [0.1, 0.15) is 5.75 Å². The van der Waals surface area contributed by atoms with Gasteiger partial charge in [0.2, 0.25) is 5.95 Å². The Morgan fingerprint density at radius 2 is 1.70 bits per heavy atom. The molecule has 2 rings (SSSR count). The smallest absolute Gasteiger partial charge is 0.330 e. The number of rotatable bonds is 5. The van der Waals surface area contributed by atoms with E-state index in [0.29, 0.717) is 5.75 Å². The van der Waals surface area contributed by atoms with Crippen molar-refractivity contribution in [3.63, 3.8) is 0 Å². The van der Waals surface area contributed by atoms with Gasteiger partial charge in [-0.05, 0) is 38.0 Å². The van der Waals surface area contributed by atoms with Crippen LogP contribution in [0.3, 0.4) is 0 Å². The summed E-state index contributed by atoms with van der Waals surface area (Å²) in [6, 6.07) is 7.99. The maximum atomic E-state index is 5.61. The highest BCUT2D eigenvalue weighted by Crippen LogP contribution is 2.20. The minimum Gasteiger partial charge on any atom is -0.461 e. The van der Waals surface area contributed by atoms with E-state index in [1.165, 1.54) is 5.56 Å². The van der Waals surface area contributed by atoms with Crippen molar-refractivity contribution in [2.45, 2.75) is 33.3 Å². The number of nitrogen functional groups attached to an aromatic ring is 1. The van der Waals surface area contributed by atoms with Crippen molar-refractivity contribution in [3.05, 3.63) is 29.8 Å². The summed E-state index contributed by atoms with van der Waals surface area (Å²) < 4.78 is 10.9. The molecule has 1 aromatic carbocycles. The summed E-state index contributed by atoms with van der Waals surface area (Å²) in [6.45, 7) is 5.85. The number of aryl methyl sites for hydroxylation is 1. The van der Waals surface area contributed by atoms with Crippen LogP contribution >= 0.6 is 0 Å². The number of hydrogen-bond donors (Lipinski definition) is 1. The molecule has 0 aliphatic rings. The molecule has 0 saturated heterocycles. The maximum absolute atomic E-state index is 5.61. The lowest BCUT2D eigenvalue weighted by molar-refractivity contribution is 0.219. The molecule has 0 radical (unpaired) electrons. The highest BCUT2D eigenvalue weighted by Gasteiger charge is 2.09. The molecule has 1 aromatic heterocycles. The Hall–Kier alpha value is -2.37. The van der Waals surface area contributed by atoms with Crippen molar-refractivity contribution in [1.82, 2.24) is 15.0 Å². The number of hydrogen-bond acceptors (Lipinski definition) is 6. The van der Waals surface area contributed by atoms with Crippen molar-refractivity contribution in [2.75, 3.05) is 5.73 Å². The molecule has 20 heavy (non-hydrogen) atoms. The van der Waals surface area contributed by atoms with Gasteiger partial charge < -0.3 is 15.2 Å². The number of nitrogens with zero attached hydrogens (tertiary/aromatic N) is 3. The van der Waals surface area contributed by atoms with E-state index in [0.717, 1.165) is 6.42 Å². The fraction of sp³-hybridized carbons (Fsp3) is 0.357. The molecule has 0 aliphatic carbocycles. The van der Waals surface area contributed by atoms with E-state index in [1.807, 2.05) is 38.1 Å². The molecule has 2 N–H and O–H groups in total. The van der Waals surface area contributed by atoms with Gasteiger partial charge in [-0.3, -0.25) is 0 Å². The van der Waals surface area contributed by atoms with Crippen molar-refractivity contribution in [1.29, 1.82) is 0 Å². The van der Waals surface area contributed by atoms with Gasteiger partial charge in [-0.2, -0.15) is 9.97 Å². The van der Waals surface area contributed by atoms with Gasteiger partial charge >= 0.3 is 12.0 Å². The number of benzene rings is 1. The first-order valence-electron chi connectivity index (χ1n) is 6.52. The Morgan fingerprint density at radius 1 is 1.05 bits per heavy atom. The zero-order chi connectivity index (χ0) is 14.5. The second-order valence-electron chi connectivity index (χ2n) is 4.52. The van der Waals surface area contributed by atoms with E-state index in [9.17, 15) is 0 Å². The molecule has 6 heteroatoms. The Labute approximate surface area is 118 Å². The van der Waals surface area contributed by atoms with Crippen molar-refractivity contribution in [2.24, 2.45) is 0 Å². The van der Waals surface area contributed by atoms with Crippen LogP contribution in [0, 0.1) is 0 Å². The van der Waals surface area contributed by atoms with Crippen LogP contribution in [0.1, 0.15) is 26.3 Å². The molecule has 0 saturated carbocycles. The van der Waals surface area contributed by atoms with E-state index in [-0.39, 0.29) is 24.1 Å². The largest absolute Gasteiger partial charge is 0.461 e. The van der Waals surface area contributed by atoms with Gasteiger partial charge in [-0.25, -0.2) is 0 Å². The molecule has 0 spiro atoms. The minimum absolute atomic E-state index is 0.0477. The van der Waals surface area contributed by atoms with Crippen LogP contribution < -0.4 is 15.2 Å². The summed E-state index contributed by atoms with van der Waals surface area (Å²) >= 11 is 0. The summed E-state index contributed by atoms with van der Waals surface area (Å²) in [5, 5.41) is 0. The monoisotopic (exact) mass is 274 g/mol. The average molecular weight is 274 g/mol. The molecule has 6 nitrogen and oxygen atoms in total. The molecule has 0 aliphatic heterocycles. The molecule has 0 bridgehead atoms. The highest BCUT2D eigenvalue weighted by molar-refractivity contribution is 5.30. The quantitative estimate of drug-likeness (QED) is 0.902. The van der Waals surface area contributed by atoms with Crippen LogP contribution in [0.15, 0.2) is 24.3 Å².